The summed E-state index contributed by atoms with van der Waals surface area (Å²) in [6.45, 7) is 0. The van der Waals surface area contributed by atoms with Gasteiger partial charge in [0.15, 0.2) is 0 Å². The first-order chi connectivity index (χ1) is 11.6. The number of rotatable bonds is 5. The lowest BCUT2D eigenvalue weighted by atomic mass is 10.1. The predicted molar refractivity (Wildman–Crippen MR) is 94.6 cm³/mol. The maximum absolute atomic E-state index is 12.4. The third-order valence-electron chi connectivity index (χ3n) is 4.22. The van der Waals surface area contributed by atoms with Crippen LogP contribution in [-0.2, 0) is 17.6 Å². The van der Waals surface area contributed by atoms with Gasteiger partial charge >= 0.3 is 0 Å². The van der Waals surface area contributed by atoms with Crippen molar-refractivity contribution in [2.24, 2.45) is 5.73 Å². The van der Waals surface area contributed by atoms with Crippen molar-refractivity contribution in [3.05, 3.63) is 57.3 Å². The lowest BCUT2D eigenvalue weighted by Gasteiger charge is -2.16. The fourth-order valence-electron chi connectivity index (χ4n) is 2.94. The second-order valence-corrected chi connectivity index (χ2v) is 7.10. The molecule has 0 fully saturated rings. The lowest BCUT2D eigenvalue weighted by Crippen LogP contribution is -2.44. The van der Waals surface area contributed by atoms with Gasteiger partial charge in [0.25, 0.3) is 5.91 Å². The van der Waals surface area contributed by atoms with Crippen LogP contribution in [0.4, 0.5) is 0 Å². The van der Waals surface area contributed by atoms with Crippen LogP contribution < -0.4 is 16.6 Å². The summed E-state index contributed by atoms with van der Waals surface area (Å²) >= 11 is 1.54. The maximum Gasteiger partial charge on any atom is 0.275 e. The first kappa shape index (κ1) is 16.7. The van der Waals surface area contributed by atoms with Gasteiger partial charge < -0.3 is 5.73 Å². The van der Waals surface area contributed by atoms with Crippen molar-refractivity contribution in [2.45, 2.75) is 38.1 Å². The van der Waals surface area contributed by atoms with Gasteiger partial charge in [0.1, 0.15) is 6.04 Å². The molecule has 6 heteroatoms. The van der Waals surface area contributed by atoms with Gasteiger partial charge in [-0.25, -0.2) is 5.43 Å². The molecule has 1 atom stereocenters. The average Bonchev–Trinajstić information content (AvgIpc) is 2.86. The number of aryl methyl sites for hydroxylation is 2. The van der Waals surface area contributed by atoms with Gasteiger partial charge in [-0.15, -0.1) is 11.3 Å². The van der Waals surface area contributed by atoms with E-state index in [1.54, 1.807) is 23.5 Å². The van der Waals surface area contributed by atoms with E-state index in [0.29, 0.717) is 10.4 Å². The molecule has 3 rings (SSSR count). The number of nitrogens with two attached hydrogens (primary N) is 1. The Labute approximate surface area is 145 Å². The minimum Gasteiger partial charge on any atom is -0.368 e. The van der Waals surface area contributed by atoms with Crippen LogP contribution in [0.25, 0.3) is 0 Å². The number of amides is 2. The highest BCUT2D eigenvalue weighted by molar-refractivity contribution is 7.14. The number of nitrogens with one attached hydrogen (secondary N) is 2. The fraction of sp³-hybridized carbons (Fsp3) is 0.333. The molecular weight excluding hydrogens is 322 g/mol. The topological polar surface area (TPSA) is 84.2 Å². The number of hydrogen-bond donors (Lipinski definition) is 3. The minimum absolute atomic E-state index is 0.227. The van der Waals surface area contributed by atoms with Crippen molar-refractivity contribution in [2.75, 3.05) is 0 Å². The Morgan fingerprint density at radius 2 is 1.83 bits per heavy atom. The quantitative estimate of drug-likeness (QED) is 0.576. The number of hydrogen-bond acceptors (Lipinski definition) is 4. The van der Waals surface area contributed by atoms with Crippen LogP contribution in [0.5, 0.6) is 0 Å². The van der Waals surface area contributed by atoms with Crippen molar-refractivity contribution < 1.29 is 9.59 Å². The number of fused-ring (bicyclic) bond motifs is 1. The molecule has 0 radical (unpaired) electrons. The Morgan fingerprint density at radius 3 is 2.58 bits per heavy atom. The first-order valence-electron chi connectivity index (χ1n) is 8.17. The normalized spacial score (nSPS) is 15.2. The van der Waals surface area contributed by atoms with Gasteiger partial charge in [-0.2, -0.15) is 0 Å². The summed E-state index contributed by atoms with van der Waals surface area (Å²) in [6.07, 6.45) is 5.71. The van der Waals surface area contributed by atoms with Crippen LogP contribution in [0.3, 0.4) is 0 Å². The molecule has 4 N–H and O–H groups in total. The molecular formula is C18H21N3O2S. The Kier molecular flexibility index (Phi) is 5.27. The van der Waals surface area contributed by atoms with Crippen LogP contribution in [0.2, 0.25) is 0 Å². The van der Waals surface area contributed by atoms with Crippen LogP contribution >= 0.6 is 11.3 Å². The summed E-state index contributed by atoms with van der Waals surface area (Å²) in [5.74, 6) is -0.765. The van der Waals surface area contributed by atoms with Crippen LogP contribution in [-0.4, -0.2) is 11.8 Å². The molecule has 126 valence electrons. The molecule has 2 amide bonds. The molecule has 24 heavy (non-hydrogen) atoms. The number of benzene rings is 1. The molecule has 5 nitrogen and oxygen atoms in total. The third-order valence-corrected chi connectivity index (χ3v) is 5.45. The lowest BCUT2D eigenvalue weighted by molar-refractivity contribution is -0.120. The average molecular weight is 343 g/mol. The SMILES string of the molecule is NC(=O)C(NNC(=O)c1cc2c(s1)CCCCC2)c1ccccc1. The summed E-state index contributed by atoms with van der Waals surface area (Å²) < 4.78 is 0. The van der Waals surface area contributed by atoms with Crippen LogP contribution in [0.15, 0.2) is 36.4 Å². The largest absolute Gasteiger partial charge is 0.368 e. The van der Waals surface area contributed by atoms with Crippen molar-refractivity contribution in [3.63, 3.8) is 0 Å². The highest BCUT2D eigenvalue weighted by Crippen LogP contribution is 2.28. The number of primary amides is 1. The molecule has 1 unspecified atom stereocenters. The minimum atomic E-state index is -0.757. The molecule has 1 heterocycles. The van der Waals surface area contributed by atoms with Crippen LogP contribution in [0, 0.1) is 0 Å². The van der Waals surface area contributed by atoms with Crippen molar-refractivity contribution in [3.8, 4) is 0 Å². The molecule has 1 aromatic heterocycles. The highest BCUT2D eigenvalue weighted by Gasteiger charge is 2.20. The van der Waals surface area contributed by atoms with Gasteiger partial charge in [0.2, 0.25) is 5.91 Å². The number of hydrazine groups is 1. The molecule has 0 bridgehead atoms. The van der Waals surface area contributed by atoms with E-state index in [4.69, 9.17) is 5.73 Å². The Hall–Kier alpha value is -2.18. The summed E-state index contributed by atoms with van der Waals surface area (Å²) in [6, 6.07) is 10.3. The van der Waals surface area contributed by atoms with Crippen molar-refractivity contribution in [1.82, 2.24) is 10.9 Å². The molecule has 1 aliphatic carbocycles. The fourth-order valence-corrected chi connectivity index (χ4v) is 4.09. The van der Waals surface area contributed by atoms with Crippen LogP contribution in [0.1, 0.15) is 51.0 Å². The van der Waals surface area contributed by atoms with E-state index in [2.05, 4.69) is 10.9 Å². The highest BCUT2D eigenvalue weighted by atomic mass is 32.1. The molecule has 0 aliphatic heterocycles. The van der Waals surface area contributed by atoms with Crippen molar-refractivity contribution >= 4 is 23.2 Å². The molecule has 1 aliphatic rings. The predicted octanol–water partition coefficient (Wildman–Crippen LogP) is 2.48. The smallest absolute Gasteiger partial charge is 0.275 e. The van der Waals surface area contributed by atoms with E-state index in [9.17, 15) is 9.59 Å². The zero-order valence-corrected chi connectivity index (χ0v) is 14.2. The van der Waals surface area contributed by atoms with Crippen molar-refractivity contribution in [1.29, 1.82) is 0 Å². The second-order valence-electron chi connectivity index (χ2n) is 5.96. The van der Waals surface area contributed by atoms with Gasteiger partial charge in [0, 0.05) is 4.88 Å². The first-order valence-corrected chi connectivity index (χ1v) is 8.98. The molecule has 1 aromatic carbocycles. The molecule has 0 spiro atoms. The van der Waals surface area contributed by atoms with E-state index < -0.39 is 11.9 Å². The second kappa shape index (κ2) is 7.59. The standard InChI is InChI=1S/C18H21N3O2S/c19-17(22)16(12-7-3-1-4-8-12)20-21-18(23)15-11-13-9-5-2-6-10-14(13)24-15/h1,3-4,7-8,11,16,20H,2,5-6,9-10H2,(H2,19,22)(H,21,23). The molecule has 0 saturated heterocycles. The Bertz CT molecular complexity index is 704. The number of carbonyl (C=O) groups excluding carboxylic acids is 2. The number of carbonyl (C=O) groups is 2. The zero-order valence-electron chi connectivity index (χ0n) is 13.4. The van der Waals surface area contributed by atoms with Gasteiger partial charge in [-0.1, -0.05) is 36.8 Å². The third kappa shape index (κ3) is 3.83. The zero-order chi connectivity index (χ0) is 16.9. The van der Waals surface area contributed by atoms with E-state index in [1.807, 2.05) is 24.3 Å². The van der Waals surface area contributed by atoms with E-state index >= 15 is 0 Å². The summed E-state index contributed by atoms with van der Waals surface area (Å²) in [5.41, 5.74) is 12.8. The molecule has 2 aromatic rings. The van der Waals surface area contributed by atoms with E-state index in [-0.39, 0.29) is 5.91 Å². The van der Waals surface area contributed by atoms with Gasteiger partial charge in [-0.3, -0.25) is 15.0 Å². The van der Waals surface area contributed by atoms with Gasteiger partial charge in [0.05, 0.1) is 4.88 Å². The Balaban J connectivity index is 1.67. The van der Waals surface area contributed by atoms with E-state index in [0.717, 1.165) is 12.8 Å². The monoisotopic (exact) mass is 343 g/mol. The summed E-state index contributed by atoms with van der Waals surface area (Å²) in [7, 11) is 0. The molecule has 0 saturated carbocycles. The van der Waals surface area contributed by atoms with Gasteiger partial charge in [-0.05, 0) is 42.9 Å². The summed E-state index contributed by atoms with van der Waals surface area (Å²) in [4.78, 5) is 26.0. The number of thiophene rings is 1. The van der Waals surface area contributed by atoms with E-state index in [1.165, 1.54) is 29.7 Å². The maximum atomic E-state index is 12.4. The Morgan fingerprint density at radius 1 is 1.08 bits per heavy atom. The summed E-state index contributed by atoms with van der Waals surface area (Å²) in [5, 5.41) is 0.